The molecule has 0 radical (unpaired) electrons. The molecular weight excluding hydrogens is 168 g/mol. The first-order valence-corrected chi connectivity index (χ1v) is 4.14. The number of aryl methyl sites for hydroxylation is 2. The minimum absolute atomic E-state index is 0.542. The topological polar surface area (TPSA) is 76.4 Å². The molecule has 0 aliphatic heterocycles. The molecule has 0 aliphatic carbocycles. The molecule has 0 aromatic carbocycles. The molecule has 0 atom stereocenters. The highest BCUT2D eigenvalue weighted by Crippen LogP contribution is 2.09. The summed E-state index contributed by atoms with van der Waals surface area (Å²) in [6.45, 7) is 6.22. The van der Waals surface area contributed by atoms with Crippen molar-refractivity contribution in [2.24, 2.45) is 10.8 Å². The van der Waals surface area contributed by atoms with Crippen molar-refractivity contribution in [3.05, 3.63) is 17.3 Å². The van der Waals surface area contributed by atoms with Crippen molar-refractivity contribution in [3.8, 4) is 0 Å². The van der Waals surface area contributed by atoms with Gasteiger partial charge in [0.1, 0.15) is 0 Å². The summed E-state index contributed by atoms with van der Waals surface area (Å²) >= 11 is 0. The Bertz CT molecular complexity index is 316. The molecule has 5 heteroatoms. The summed E-state index contributed by atoms with van der Waals surface area (Å²) in [5.41, 5.74) is 3.28. The zero-order chi connectivity index (χ0) is 9.84. The van der Waals surface area contributed by atoms with Crippen molar-refractivity contribution < 1.29 is 4.42 Å². The number of aliphatic imine (C=N–C) groups is 1. The molecule has 1 aromatic rings. The summed E-state index contributed by atoms with van der Waals surface area (Å²) in [7, 11) is 0. The second-order valence-corrected chi connectivity index (χ2v) is 2.61. The molecule has 0 fully saturated rings. The fourth-order valence-electron chi connectivity index (χ4n) is 1.09. The molecular formula is C8H14N4O. The quantitative estimate of drug-likeness (QED) is 0.302. The molecule has 0 bridgehead atoms. The van der Waals surface area contributed by atoms with Gasteiger partial charge in [0.2, 0.25) is 0 Å². The Morgan fingerprint density at radius 3 is 2.69 bits per heavy atom. The fraction of sp³-hybridized carbons (Fsp3) is 0.500. The maximum atomic E-state index is 5.34. The smallest absolute Gasteiger partial charge is 0.193 e. The van der Waals surface area contributed by atoms with Gasteiger partial charge in [-0.25, -0.2) is 10.8 Å². The van der Waals surface area contributed by atoms with Crippen LogP contribution in [0.25, 0.3) is 0 Å². The maximum Gasteiger partial charge on any atom is 0.193 e. The molecule has 0 aliphatic rings. The van der Waals surface area contributed by atoms with E-state index in [1.165, 1.54) is 0 Å². The molecule has 3 N–H and O–H groups in total. The van der Waals surface area contributed by atoms with Crippen LogP contribution in [-0.2, 0) is 0 Å². The van der Waals surface area contributed by atoms with Crippen LogP contribution in [0, 0.1) is 13.8 Å². The molecule has 13 heavy (non-hydrogen) atoms. The monoisotopic (exact) mass is 182 g/mol. The average molecular weight is 182 g/mol. The predicted octanol–water partition coefficient (Wildman–Crippen LogP) is 0.521. The number of nitrogens with zero attached hydrogens (tertiary/aromatic N) is 2. The van der Waals surface area contributed by atoms with E-state index in [4.69, 9.17) is 10.3 Å². The molecule has 1 heterocycles. The summed E-state index contributed by atoms with van der Waals surface area (Å²) in [5, 5.41) is 0. The Kier molecular flexibility index (Phi) is 3.02. The lowest BCUT2D eigenvalue weighted by atomic mass is 10.3. The Labute approximate surface area is 77.0 Å². The summed E-state index contributed by atoms with van der Waals surface area (Å²) in [4.78, 5) is 8.25. The van der Waals surface area contributed by atoms with E-state index in [-0.39, 0.29) is 0 Å². The van der Waals surface area contributed by atoms with Crippen LogP contribution in [0.1, 0.15) is 24.3 Å². The van der Waals surface area contributed by atoms with E-state index >= 15 is 0 Å². The van der Waals surface area contributed by atoms with Crippen LogP contribution in [0.4, 0.5) is 0 Å². The SMILES string of the molecule is CCN=C(NN)c1oc(C)nc1C. The Balaban J connectivity index is 3.04. The van der Waals surface area contributed by atoms with E-state index < -0.39 is 0 Å². The number of hydrazine groups is 1. The van der Waals surface area contributed by atoms with Crippen LogP contribution in [0.15, 0.2) is 9.41 Å². The normalized spacial score (nSPS) is 11.8. The number of amidine groups is 1. The van der Waals surface area contributed by atoms with E-state index in [1.54, 1.807) is 6.92 Å². The zero-order valence-corrected chi connectivity index (χ0v) is 8.09. The second-order valence-electron chi connectivity index (χ2n) is 2.61. The van der Waals surface area contributed by atoms with Gasteiger partial charge in [0.25, 0.3) is 0 Å². The Morgan fingerprint density at radius 1 is 1.62 bits per heavy atom. The summed E-state index contributed by atoms with van der Waals surface area (Å²) in [6, 6.07) is 0. The van der Waals surface area contributed by atoms with E-state index in [9.17, 15) is 0 Å². The second kappa shape index (κ2) is 4.04. The molecule has 72 valence electrons. The van der Waals surface area contributed by atoms with E-state index in [0.29, 0.717) is 24.0 Å². The lowest BCUT2D eigenvalue weighted by Crippen LogP contribution is -2.31. The third-order valence-corrected chi connectivity index (χ3v) is 1.57. The van der Waals surface area contributed by atoms with Crippen LogP contribution in [0.3, 0.4) is 0 Å². The minimum atomic E-state index is 0.542. The van der Waals surface area contributed by atoms with Crippen LogP contribution in [0.5, 0.6) is 0 Å². The highest BCUT2D eigenvalue weighted by molar-refractivity contribution is 5.96. The van der Waals surface area contributed by atoms with Crippen LogP contribution in [-0.4, -0.2) is 17.4 Å². The fourth-order valence-corrected chi connectivity index (χ4v) is 1.09. The van der Waals surface area contributed by atoms with Gasteiger partial charge in [-0.15, -0.1) is 0 Å². The first-order chi connectivity index (χ1) is 6.19. The molecule has 0 unspecified atom stereocenters. The minimum Gasteiger partial charge on any atom is -0.437 e. The van der Waals surface area contributed by atoms with Gasteiger partial charge in [-0.3, -0.25) is 4.99 Å². The summed E-state index contributed by atoms with van der Waals surface area (Å²) in [5.74, 6) is 7.07. The molecule has 0 spiro atoms. The van der Waals surface area contributed by atoms with Crippen molar-refractivity contribution in [1.29, 1.82) is 0 Å². The first-order valence-electron chi connectivity index (χ1n) is 4.14. The molecule has 0 saturated heterocycles. The average Bonchev–Trinajstić information content (AvgIpc) is 2.41. The summed E-state index contributed by atoms with van der Waals surface area (Å²) in [6.07, 6.45) is 0. The lowest BCUT2D eigenvalue weighted by molar-refractivity contribution is 0.510. The van der Waals surface area contributed by atoms with Crippen molar-refractivity contribution in [2.45, 2.75) is 20.8 Å². The van der Waals surface area contributed by atoms with Gasteiger partial charge in [-0.05, 0) is 13.8 Å². The van der Waals surface area contributed by atoms with E-state index in [0.717, 1.165) is 5.69 Å². The largest absolute Gasteiger partial charge is 0.437 e. The molecule has 1 aromatic heterocycles. The van der Waals surface area contributed by atoms with Crippen LogP contribution < -0.4 is 11.3 Å². The third kappa shape index (κ3) is 2.06. The lowest BCUT2D eigenvalue weighted by Gasteiger charge is -2.00. The van der Waals surface area contributed by atoms with Crippen LogP contribution >= 0.6 is 0 Å². The highest BCUT2D eigenvalue weighted by atomic mass is 16.4. The van der Waals surface area contributed by atoms with Crippen molar-refractivity contribution in [1.82, 2.24) is 10.4 Å². The molecule has 1 rings (SSSR count). The van der Waals surface area contributed by atoms with Gasteiger partial charge < -0.3 is 9.84 Å². The summed E-state index contributed by atoms with van der Waals surface area (Å²) < 4.78 is 5.34. The molecule has 0 saturated carbocycles. The predicted molar refractivity (Wildman–Crippen MR) is 50.4 cm³/mol. The number of hydrogen-bond donors (Lipinski definition) is 2. The Hall–Kier alpha value is -1.36. The molecule has 0 amide bonds. The van der Waals surface area contributed by atoms with Crippen LogP contribution in [0.2, 0.25) is 0 Å². The van der Waals surface area contributed by atoms with Crippen molar-refractivity contribution in [2.75, 3.05) is 6.54 Å². The number of hydrogen-bond acceptors (Lipinski definition) is 4. The van der Waals surface area contributed by atoms with Gasteiger partial charge >= 0.3 is 0 Å². The first kappa shape index (κ1) is 9.73. The standard InChI is InChI=1S/C8H14N4O/c1-4-10-8(12-9)7-5(2)11-6(3)13-7/h4,9H2,1-3H3,(H,10,12). The van der Waals surface area contributed by atoms with Gasteiger partial charge in [0.05, 0.1) is 5.69 Å². The number of oxazole rings is 1. The third-order valence-electron chi connectivity index (χ3n) is 1.57. The number of aromatic nitrogens is 1. The van der Waals surface area contributed by atoms with Crippen molar-refractivity contribution in [3.63, 3.8) is 0 Å². The van der Waals surface area contributed by atoms with Gasteiger partial charge in [0.15, 0.2) is 17.5 Å². The van der Waals surface area contributed by atoms with Gasteiger partial charge in [-0.2, -0.15) is 0 Å². The molecule has 5 nitrogen and oxygen atoms in total. The Morgan fingerprint density at radius 2 is 2.31 bits per heavy atom. The highest BCUT2D eigenvalue weighted by Gasteiger charge is 2.11. The van der Waals surface area contributed by atoms with Gasteiger partial charge in [0, 0.05) is 13.5 Å². The van der Waals surface area contributed by atoms with Gasteiger partial charge in [-0.1, -0.05) is 0 Å². The van der Waals surface area contributed by atoms with E-state index in [2.05, 4.69) is 15.4 Å². The maximum absolute atomic E-state index is 5.34. The zero-order valence-electron chi connectivity index (χ0n) is 8.09. The van der Waals surface area contributed by atoms with Crippen molar-refractivity contribution >= 4 is 5.84 Å². The number of rotatable bonds is 2. The number of nitrogens with one attached hydrogen (secondary N) is 1. The number of nitrogens with two attached hydrogens (primary N) is 1. The van der Waals surface area contributed by atoms with E-state index in [1.807, 2.05) is 13.8 Å².